The van der Waals surface area contributed by atoms with Gasteiger partial charge in [-0.2, -0.15) is 5.10 Å². The number of ether oxygens (including phenoxy) is 1. The molecule has 32 heavy (non-hydrogen) atoms. The van der Waals surface area contributed by atoms with Crippen LogP contribution in [-0.2, 0) is 16.9 Å². The number of hydrogen-bond donors (Lipinski definition) is 2. The van der Waals surface area contributed by atoms with E-state index in [2.05, 4.69) is 5.32 Å². The molecule has 0 amide bonds. The molecule has 1 aromatic heterocycles. The van der Waals surface area contributed by atoms with Gasteiger partial charge < -0.3 is 15.2 Å². The molecule has 1 fully saturated rings. The number of hydrogen-bond acceptors (Lipinski definition) is 4. The zero-order valence-corrected chi connectivity index (χ0v) is 18.8. The third-order valence-electron chi connectivity index (χ3n) is 6.11. The molecular formula is C24H22Cl2FN3O2. The highest BCUT2D eigenvalue weighted by Crippen LogP contribution is 2.40. The van der Waals surface area contributed by atoms with Crippen molar-refractivity contribution in [2.45, 2.75) is 25.0 Å². The summed E-state index contributed by atoms with van der Waals surface area (Å²) in [5, 5.41) is 19.7. The van der Waals surface area contributed by atoms with E-state index in [4.69, 9.17) is 33.0 Å². The molecule has 2 aliphatic rings. The Morgan fingerprint density at radius 2 is 2.00 bits per heavy atom. The van der Waals surface area contributed by atoms with Gasteiger partial charge in [0.2, 0.25) is 0 Å². The van der Waals surface area contributed by atoms with Crippen LogP contribution < -0.4 is 5.32 Å². The summed E-state index contributed by atoms with van der Waals surface area (Å²) < 4.78 is 21.2. The minimum atomic E-state index is -0.629. The van der Waals surface area contributed by atoms with E-state index in [1.807, 2.05) is 16.8 Å². The molecule has 0 saturated carbocycles. The monoisotopic (exact) mass is 473 g/mol. The van der Waals surface area contributed by atoms with Gasteiger partial charge in [-0.05, 0) is 61.4 Å². The molecule has 2 aliphatic heterocycles. The minimum absolute atomic E-state index is 0.0676. The average Bonchev–Trinajstić information content (AvgIpc) is 3.42. The molecule has 0 spiro atoms. The number of aromatic nitrogens is 2. The summed E-state index contributed by atoms with van der Waals surface area (Å²) in [6.45, 7) is 1.49. The molecule has 0 radical (unpaired) electrons. The second-order valence-electron chi connectivity index (χ2n) is 8.17. The molecule has 166 valence electrons. The SMILES string of the molecule is OC[C@@]1(c2nn(-c3ccc(Cl)cc3Cl)c3c2COC/C3=C\c2ccc(F)cc2)CCCN1. The summed E-state index contributed by atoms with van der Waals surface area (Å²) in [5.41, 5.74) is 4.37. The molecule has 5 rings (SSSR count). The number of nitrogens with zero attached hydrogens (tertiary/aromatic N) is 2. The third-order valence-corrected chi connectivity index (χ3v) is 6.65. The maximum atomic E-state index is 13.4. The molecule has 3 heterocycles. The van der Waals surface area contributed by atoms with Gasteiger partial charge in [0.1, 0.15) is 5.82 Å². The predicted octanol–water partition coefficient (Wildman–Crippen LogP) is 4.96. The Morgan fingerprint density at radius 1 is 1.19 bits per heavy atom. The highest BCUT2D eigenvalue weighted by atomic mass is 35.5. The van der Waals surface area contributed by atoms with Crippen LogP contribution in [-0.4, -0.2) is 34.6 Å². The smallest absolute Gasteiger partial charge is 0.123 e. The van der Waals surface area contributed by atoms with Gasteiger partial charge in [0.05, 0.1) is 47.5 Å². The first-order chi connectivity index (χ1) is 15.5. The molecule has 0 bridgehead atoms. The molecule has 3 aromatic rings. The second kappa shape index (κ2) is 8.61. The van der Waals surface area contributed by atoms with Crippen molar-refractivity contribution in [2.75, 3.05) is 19.8 Å². The first-order valence-electron chi connectivity index (χ1n) is 10.5. The number of aliphatic hydroxyl groups excluding tert-OH is 1. The lowest BCUT2D eigenvalue weighted by Gasteiger charge is -2.27. The number of nitrogens with one attached hydrogen (secondary N) is 1. The fourth-order valence-corrected chi connectivity index (χ4v) is 5.04. The Kier molecular flexibility index (Phi) is 5.82. The van der Waals surface area contributed by atoms with Gasteiger partial charge in [0.15, 0.2) is 0 Å². The Morgan fingerprint density at radius 3 is 2.69 bits per heavy atom. The molecule has 2 N–H and O–H groups in total. The van der Waals surface area contributed by atoms with Crippen LogP contribution in [0.5, 0.6) is 0 Å². The highest BCUT2D eigenvalue weighted by Gasteiger charge is 2.42. The van der Waals surface area contributed by atoms with E-state index in [9.17, 15) is 9.50 Å². The number of benzene rings is 2. The van der Waals surface area contributed by atoms with Crippen LogP contribution >= 0.6 is 23.2 Å². The molecule has 2 aromatic carbocycles. The lowest BCUT2D eigenvalue weighted by Crippen LogP contribution is -2.41. The van der Waals surface area contributed by atoms with E-state index >= 15 is 0 Å². The van der Waals surface area contributed by atoms with Gasteiger partial charge >= 0.3 is 0 Å². The third kappa shape index (κ3) is 3.76. The van der Waals surface area contributed by atoms with Crippen LogP contribution in [0.1, 0.15) is 35.4 Å². The Hall–Kier alpha value is -2.22. The normalized spacial score (nSPS) is 21.8. The van der Waals surface area contributed by atoms with Crippen molar-refractivity contribution in [3.05, 3.63) is 80.8 Å². The summed E-state index contributed by atoms with van der Waals surface area (Å²) in [7, 11) is 0. The van der Waals surface area contributed by atoms with Gasteiger partial charge in [-0.3, -0.25) is 0 Å². The molecule has 5 nitrogen and oxygen atoms in total. The summed E-state index contributed by atoms with van der Waals surface area (Å²) >= 11 is 12.7. The van der Waals surface area contributed by atoms with Crippen LogP contribution in [0.25, 0.3) is 17.3 Å². The maximum absolute atomic E-state index is 13.4. The zero-order chi connectivity index (χ0) is 22.3. The van der Waals surface area contributed by atoms with Gasteiger partial charge in [-0.1, -0.05) is 35.3 Å². The van der Waals surface area contributed by atoms with Crippen LogP contribution in [0.15, 0.2) is 42.5 Å². The molecule has 0 aliphatic carbocycles. The fraction of sp³-hybridized carbons (Fsp3) is 0.292. The van der Waals surface area contributed by atoms with Gasteiger partial charge in [-0.15, -0.1) is 0 Å². The molecule has 1 saturated heterocycles. The van der Waals surface area contributed by atoms with E-state index in [-0.39, 0.29) is 12.4 Å². The average molecular weight is 474 g/mol. The Labute approximate surface area is 195 Å². The number of halogens is 3. The predicted molar refractivity (Wildman–Crippen MR) is 124 cm³/mol. The quantitative estimate of drug-likeness (QED) is 0.562. The van der Waals surface area contributed by atoms with Crippen molar-refractivity contribution in [3.8, 4) is 5.69 Å². The van der Waals surface area contributed by atoms with Crippen LogP contribution in [0.2, 0.25) is 10.0 Å². The van der Waals surface area contributed by atoms with Crippen molar-refractivity contribution in [1.29, 1.82) is 0 Å². The minimum Gasteiger partial charge on any atom is -0.394 e. The molecule has 1 atom stereocenters. The summed E-state index contributed by atoms with van der Waals surface area (Å²) in [5.74, 6) is -0.287. The van der Waals surface area contributed by atoms with Crippen molar-refractivity contribution >= 4 is 34.9 Å². The first-order valence-corrected chi connectivity index (χ1v) is 11.2. The van der Waals surface area contributed by atoms with Gasteiger partial charge in [0, 0.05) is 16.2 Å². The van der Waals surface area contributed by atoms with Gasteiger partial charge in [-0.25, -0.2) is 9.07 Å². The van der Waals surface area contributed by atoms with Crippen LogP contribution in [0.4, 0.5) is 4.39 Å². The Bertz CT molecular complexity index is 1180. The summed E-state index contributed by atoms with van der Waals surface area (Å²) in [6.07, 6.45) is 3.69. The van der Waals surface area contributed by atoms with Crippen molar-refractivity contribution in [3.63, 3.8) is 0 Å². The van der Waals surface area contributed by atoms with Crippen LogP contribution in [0.3, 0.4) is 0 Å². The zero-order valence-electron chi connectivity index (χ0n) is 17.2. The summed E-state index contributed by atoms with van der Waals surface area (Å²) in [6, 6.07) is 11.6. The van der Waals surface area contributed by atoms with E-state index in [0.717, 1.165) is 47.5 Å². The standard InChI is InChI=1S/C24H22Cl2FN3O2/c25-17-4-7-21(20(26)11-17)30-22-16(10-15-2-5-18(27)6-3-15)12-32-13-19(22)23(29-30)24(14-31)8-1-9-28-24/h2-7,10-11,28,31H,1,8-9,12-14H2/b16-10+/t24-/m1/s1. The highest BCUT2D eigenvalue weighted by molar-refractivity contribution is 6.35. The second-order valence-corrected chi connectivity index (χ2v) is 9.01. The van der Waals surface area contributed by atoms with Crippen molar-refractivity contribution in [2.24, 2.45) is 0 Å². The van der Waals surface area contributed by atoms with Crippen LogP contribution in [0, 0.1) is 5.82 Å². The Balaban J connectivity index is 1.74. The van der Waals surface area contributed by atoms with Gasteiger partial charge in [0.25, 0.3) is 0 Å². The van der Waals surface area contributed by atoms with E-state index in [1.54, 1.807) is 24.3 Å². The maximum Gasteiger partial charge on any atom is 0.123 e. The number of aliphatic hydroxyl groups is 1. The molecular weight excluding hydrogens is 452 g/mol. The largest absolute Gasteiger partial charge is 0.394 e. The van der Waals surface area contributed by atoms with E-state index < -0.39 is 5.54 Å². The number of fused-ring (bicyclic) bond motifs is 1. The van der Waals surface area contributed by atoms with E-state index in [1.165, 1.54) is 12.1 Å². The molecule has 8 heteroatoms. The summed E-state index contributed by atoms with van der Waals surface area (Å²) in [4.78, 5) is 0. The lowest BCUT2D eigenvalue weighted by atomic mass is 9.89. The van der Waals surface area contributed by atoms with E-state index in [0.29, 0.717) is 28.9 Å². The molecule has 0 unspecified atom stereocenters. The van der Waals surface area contributed by atoms with Crippen molar-refractivity contribution < 1.29 is 14.2 Å². The lowest BCUT2D eigenvalue weighted by molar-refractivity contribution is 0.138. The first kappa shape index (κ1) is 21.6. The van der Waals surface area contributed by atoms with Crippen molar-refractivity contribution in [1.82, 2.24) is 15.1 Å². The topological polar surface area (TPSA) is 59.3 Å². The fourth-order valence-electron chi connectivity index (χ4n) is 4.55. The number of rotatable bonds is 4.